The molecule has 5 heteroatoms. The number of carboxylic acids is 2. The summed E-state index contributed by atoms with van der Waals surface area (Å²) in [5, 5.41) is 15.4. The SMILES string of the molecule is O=C(O)CC(=O)O.[H-].[H-].[Mg+2]. The molecule has 0 radical (unpaired) electrons. The van der Waals surface area contributed by atoms with Gasteiger partial charge in [-0.15, -0.1) is 0 Å². The molecule has 44 valence electrons. The minimum atomic E-state index is -1.31. The van der Waals surface area contributed by atoms with Crippen LogP contribution >= 0.6 is 0 Å². The monoisotopic (exact) mass is 130 g/mol. The van der Waals surface area contributed by atoms with Gasteiger partial charge in [0.05, 0.1) is 0 Å². The summed E-state index contributed by atoms with van der Waals surface area (Å²) in [6, 6.07) is 0. The molecule has 0 bridgehead atoms. The predicted octanol–water partition coefficient (Wildman–Crippen LogP) is -0.610. The Balaban J connectivity index is -0.0000000600. The van der Waals surface area contributed by atoms with Crippen molar-refractivity contribution in [2.24, 2.45) is 0 Å². The van der Waals surface area contributed by atoms with Gasteiger partial charge in [-0.2, -0.15) is 0 Å². The Morgan fingerprint density at radius 3 is 1.50 bits per heavy atom. The molecule has 0 saturated carbocycles. The molecule has 0 saturated heterocycles. The van der Waals surface area contributed by atoms with Crippen molar-refractivity contribution in [1.82, 2.24) is 0 Å². The van der Waals surface area contributed by atoms with E-state index in [2.05, 4.69) is 0 Å². The summed E-state index contributed by atoms with van der Waals surface area (Å²) in [5.74, 6) is -2.62. The van der Waals surface area contributed by atoms with E-state index in [0.717, 1.165) is 0 Å². The van der Waals surface area contributed by atoms with Gasteiger partial charge in [-0.05, 0) is 0 Å². The minimum absolute atomic E-state index is 0. The molecule has 0 aliphatic heterocycles. The Bertz CT molecular complexity index is 94.7. The summed E-state index contributed by atoms with van der Waals surface area (Å²) >= 11 is 0. The molecule has 4 nitrogen and oxygen atoms in total. The second-order valence-electron chi connectivity index (χ2n) is 0.964. The van der Waals surface area contributed by atoms with Crippen molar-refractivity contribution in [2.75, 3.05) is 0 Å². The van der Waals surface area contributed by atoms with Crippen molar-refractivity contribution in [3.8, 4) is 0 Å². The standard InChI is InChI=1S/C3H4O4.Mg.2H/c4-2(5)1-3(6)7;;;/h1H2,(H,4,5)(H,6,7);;;/q;+2;2*-1. The van der Waals surface area contributed by atoms with Gasteiger partial charge in [0.1, 0.15) is 6.42 Å². The largest absolute Gasteiger partial charge is 2.00 e. The first-order chi connectivity index (χ1) is 3.13. The van der Waals surface area contributed by atoms with Gasteiger partial charge in [0.15, 0.2) is 0 Å². The first-order valence-electron chi connectivity index (χ1n) is 1.56. The van der Waals surface area contributed by atoms with E-state index in [-0.39, 0.29) is 25.9 Å². The van der Waals surface area contributed by atoms with Crippen molar-refractivity contribution in [2.45, 2.75) is 6.42 Å². The number of rotatable bonds is 2. The molecule has 0 aromatic carbocycles. The Hall–Kier alpha value is -0.294. The van der Waals surface area contributed by atoms with E-state index in [0.29, 0.717) is 0 Å². The van der Waals surface area contributed by atoms with Crippen LogP contribution in [-0.2, 0) is 9.59 Å². The molecule has 0 rings (SSSR count). The second kappa shape index (κ2) is 4.86. The van der Waals surface area contributed by atoms with Crippen LogP contribution in [0.15, 0.2) is 0 Å². The van der Waals surface area contributed by atoms with Crippen molar-refractivity contribution in [3.05, 3.63) is 0 Å². The van der Waals surface area contributed by atoms with Crippen molar-refractivity contribution in [3.63, 3.8) is 0 Å². The van der Waals surface area contributed by atoms with E-state index in [4.69, 9.17) is 10.2 Å². The third-order valence-corrected chi connectivity index (χ3v) is 0.302. The molecule has 0 unspecified atom stereocenters. The van der Waals surface area contributed by atoms with Gasteiger partial charge in [-0.1, -0.05) is 0 Å². The molecule has 0 amide bonds. The fourth-order valence-electron chi connectivity index (χ4n) is 0.129. The molecule has 0 fully saturated rings. The minimum Gasteiger partial charge on any atom is -1.00 e. The second-order valence-corrected chi connectivity index (χ2v) is 0.964. The van der Waals surface area contributed by atoms with Crippen molar-refractivity contribution >= 4 is 35.0 Å². The van der Waals surface area contributed by atoms with Crippen LogP contribution in [0.2, 0.25) is 0 Å². The summed E-state index contributed by atoms with van der Waals surface area (Å²) in [6.07, 6.45) is -0.806. The maximum absolute atomic E-state index is 9.43. The maximum atomic E-state index is 9.43. The Kier molecular flexibility index (Phi) is 6.46. The van der Waals surface area contributed by atoms with Crippen LogP contribution in [0.1, 0.15) is 9.27 Å². The maximum Gasteiger partial charge on any atom is 2.00 e. The third kappa shape index (κ3) is 9.20. The molecule has 0 aromatic rings. The summed E-state index contributed by atoms with van der Waals surface area (Å²) in [4.78, 5) is 18.9. The fourth-order valence-corrected chi connectivity index (χ4v) is 0.129. The summed E-state index contributed by atoms with van der Waals surface area (Å²) < 4.78 is 0. The van der Waals surface area contributed by atoms with Gasteiger partial charge in [-0.25, -0.2) is 0 Å². The quantitative estimate of drug-likeness (QED) is 0.386. The van der Waals surface area contributed by atoms with Gasteiger partial charge < -0.3 is 13.1 Å². The van der Waals surface area contributed by atoms with Crippen LogP contribution in [0.5, 0.6) is 0 Å². The van der Waals surface area contributed by atoms with Crippen LogP contribution < -0.4 is 0 Å². The number of hydrogen-bond acceptors (Lipinski definition) is 2. The van der Waals surface area contributed by atoms with Gasteiger partial charge in [0.2, 0.25) is 0 Å². The van der Waals surface area contributed by atoms with Crippen molar-refractivity contribution < 1.29 is 22.7 Å². The van der Waals surface area contributed by atoms with Crippen molar-refractivity contribution in [1.29, 1.82) is 0 Å². The molecule has 0 aliphatic carbocycles. The zero-order valence-electron chi connectivity index (χ0n) is 6.13. The van der Waals surface area contributed by atoms with Gasteiger partial charge in [0.25, 0.3) is 0 Å². The van der Waals surface area contributed by atoms with E-state index in [1.165, 1.54) is 0 Å². The van der Waals surface area contributed by atoms with Gasteiger partial charge >= 0.3 is 35.0 Å². The van der Waals surface area contributed by atoms with E-state index < -0.39 is 18.4 Å². The zero-order chi connectivity index (χ0) is 5.86. The third-order valence-electron chi connectivity index (χ3n) is 0.302. The molecule has 0 heterocycles. The van der Waals surface area contributed by atoms with Crippen LogP contribution in [-0.4, -0.2) is 45.2 Å². The fraction of sp³-hybridized carbons (Fsp3) is 0.333. The van der Waals surface area contributed by atoms with Crippen LogP contribution in [0.3, 0.4) is 0 Å². The number of carbonyl (C=O) groups is 2. The smallest absolute Gasteiger partial charge is 1.00 e. The average molecular weight is 130 g/mol. The predicted molar refractivity (Wildman–Crippen MR) is 27.9 cm³/mol. The van der Waals surface area contributed by atoms with E-state index in [9.17, 15) is 9.59 Å². The van der Waals surface area contributed by atoms with E-state index in [1.807, 2.05) is 0 Å². The van der Waals surface area contributed by atoms with Crippen LogP contribution in [0.4, 0.5) is 0 Å². The molecular weight excluding hydrogens is 124 g/mol. The summed E-state index contributed by atoms with van der Waals surface area (Å²) in [6.45, 7) is 0. The summed E-state index contributed by atoms with van der Waals surface area (Å²) in [5.41, 5.74) is 0. The molecule has 0 atom stereocenters. The van der Waals surface area contributed by atoms with Gasteiger partial charge in [-0.3, -0.25) is 9.59 Å². The average Bonchev–Trinajstić information content (AvgIpc) is 1.27. The molecule has 0 aromatic heterocycles. The molecule has 0 aliphatic rings. The first kappa shape index (κ1) is 10.6. The van der Waals surface area contributed by atoms with E-state index >= 15 is 0 Å². The van der Waals surface area contributed by atoms with E-state index in [1.54, 1.807) is 0 Å². The van der Waals surface area contributed by atoms with Crippen LogP contribution in [0, 0.1) is 0 Å². The Morgan fingerprint density at radius 1 is 1.25 bits per heavy atom. The molecule has 2 N–H and O–H groups in total. The first-order valence-corrected chi connectivity index (χ1v) is 1.56. The normalized spacial score (nSPS) is 7.00. The topological polar surface area (TPSA) is 74.6 Å². The molecule has 8 heavy (non-hydrogen) atoms. The number of hydrogen-bond donors (Lipinski definition) is 2. The number of carboxylic acid groups (broad SMARTS) is 2. The Morgan fingerprint density at radius 2 is 1.50 bits per heavy atom. The zero-order valence-corrected chi connectivity index (χ0v) is 5.54. The number of aliphatic carboxylic acids is 2. The van der Waals surface area contributed by atoms with Crippen LogP contribution in [0.25, 0.3) is 0 Å². The molecule has 0 spiro atoms. The Labute approximate surface area is 64.6 Å². The molecular formula is C3H6MgO4. The van der Waals surface area contributed by atoms with Gasteiger partial charge in [0, 0.05) is 0 Å². The summed E-state index contributed by atoms with van der Waals surface area (Å²) in [7, 11) is 0.